The van der Waals surface area contributed by atoms with E-state index >= 15 is 0 Å². The van der Waals surface area contributed by atoms with E-state index in [1.165, 1.54) is 17.5 Å². The van der Waals surface area contributed by atoms with Crippen LogP contribution in [0.5, 0.6) is 11.5 Å². The fraction of sp³-hybridized carbons (Fsp3) is 0.148. The van der Waals surface area contributed by atoms with E-state index in [-0.39, 0.29) is 0 Å². The molecule has 0 bridgehead atoms. The second kappa shape index (κ2) is 10.8. The third-order valence-corrected chi connectivity index (χ3v) is 5.74. The molecule has 0 saturated carbocycles. The van der Waals surface area contributed by atoms with Crippen LogP contribution in [0.1, 0.15) is 23.6 Å². The molecule has 0 radical (unpaired) electrons. The average Bonchev–Trinajstić information content (AvgIpc) is 2.83. The number of hydrazone groups is 1. The van der Waals surface area contributed by atoms with Crippen LogP contribution < -0.4 is 14.9 Å². The smallest absolute Gasteiger partial charge is 0.416 e. The second-order valence-corrected chi connectivity index (χ2v) is 8.53. The van der Waals surface area contributed by atoms with Crippen molar-refractivity contribution in [3.63, 3.8) is 0 Å². The van der Waals surface area contributed by atoms with E-state index in [0.29, 0.717) is 34.9 Å². The van der Waals surface area contributed by atoms with Crippen LogP contribution >= 0.6 is 15.9 Å². The third-order valence-electron chi connectivity index (χ3n) is 5.15. The Morgan fingerprint density at radius 2 is 1.66 bits per heavy atom. The summed E-state index contributed by atoms with van der Waals surface area (Å²) in [7, 11) is 0. The summed E-state index contributed by atoms with van der Waals surface area (Å²) in [4.78, 5) is 0. The summed E-state index contributed by atoms with van der Waals surface area (Å²) in [5.41, 5.74) is 4.21. The maximum absolute atomic E-state index is 12.7. The molecule has 1 N–H and O–H groups in total. The number of alkyl halides is 3. The summed E-state index contributed by atoms with van der Waals surface area (Å²) < 4.78 is 50.7. The van der Waals surface area contributed by atoms with Crippen molar-refractivity contribution in [3.8, 4) is 11.5 Å². The van der Waals surface area contributed by atoms with Crippen LogP contribution in [0.25, 0.3) is 10.8 Å². The molecule has 180 valence electrons. The molecule has 0 aliphatic carbocycles. The van der Waals surface area contributed by atoms with Gasteiger partial charge in [0.25, 0.3) is 0 Å². The Balaban J connectivity index is 1.46. The van der Waals surface area contributed by atoms with Gasteiger partial charge in [0.1, 0.15) is 6.61 Å². The van der Waals surface area contributed by atoms with Crippen molar-refractivity contribution in [2.45, 2.75) is 19.7 Å². The largest absolute Gasteiger partial charge is 0.490 e. The highest BCUT2D eigenvalue weighted by atomic mass is 79.9. The molecule has 35 heavy (non-hydrogen) atoms. The van der Waals surface area contributed by atoms with Gasteiger partial charge in [0.2, 0.25) is 0 Å². The average molecular weight is 543 g/mol. The molecular weight excluding hydrogens is 521 g/mol. The van der Waals surface area contributed by atoms with Gasteiger partial charge in [0.05, 0.1) is 28.5 Å². The first-order valence-electron chi connectivity index (χ1n) is 10.9. The topological polar surface area (TPSA) is 42.8 Å². The number of benzene rings is 4. The van der Waals surface area contributed by atoms with Gasteiger partial charge in [-0.2, -0.15) is 18.3 Å². The highest BCUT2D eigenvalue weighted by Gasteiger charge is 2.29. The van der Waals surface area contributed by atoms with E-state index in [9.17, 15) is 13.2 Å². The predicted molar refractivity (Wildman–Crippen MR) is 136 cm³/mol. The number of ether oxygens (including phenoxy) is 2. The van der Waals surface area contributed by atoms with Crippen molar-refractivity contribution >= 4 is 38.6 Å². The molecule has 0 amide bonds. The minimum Gasteiger partial charge on any atom is -0.490 e. The van der Waals surface area contributed by atoms with E-state index in [4.69, 9.17) is 9.47 Å². The molecule has 0 unspecified atom stereocenters. The maximum atomic E-state index is 12.7. The fourth-order valence-corrected chi connectivity index (χ4v) is 4.04. The fourth-order valence-electron chi connectivity index (χ4n) is 3.46. The van der Waals surface area contributed by atoms with Crippen LogP contribution in [-0.4, -0.2) is 12.8 Å². The zero-order valence-corrected chi connectivity index (χ0v) is 20.4. The number of rotatable bonds is 8. The van der Waals surface area contributed by atoms with Gasteiger partial charge in [-0.15, -0.1) is 0 Å². The lowest BCUT2D eigenvalue weighted by Crippen LogP contribution is -2.04. The van der Waals surface area contributed by atoms with Crippen molar-refractivity contribution in [1.29, 1.82) is 0 Å². The third kappa shape index (κ3) is 6.33. The maximum Gasteiger partial charge on any atom is 0.416 e. The lowest BCUT2D eigenvalue weighted by Gasteiger charge is -2.15. The molecular formula is C27H22BrF3N2O2. The van der Waals surface area contributed by atoms with Crippen LogP contribution in [0.4, 0.5) is 18.9 Å². The molecule has 0 aromatic heterocycles. The van der Waals surface area contributed by atoms with Crippen molar-refractivity contribution in [3.05, 3.63) is 100 Å². The van der Waals surface area contributed by atoms with E-state index in [0.717, 1.165) is 28.6 Å². The monoisotopic (exact) mass is 542 g/mol. The zero-order chi connectivity index (χ0) is 24.8. The first-order chi connectivity index (χ1) is 16.8. The van der Waals surface area contributed by atoms with Crippen LogP contribution in [0.2, 0.25) is 0 Å². The van der Waals surface area contributed by atoms with Crippen LogP contribution in [0, 0.1) is 0 Å². The van der Waals surface area contributed by atoms with Gasteiger partial charge in [0.15, 0.2) is 11.5 Å². The molecule has 8 heteroatoms. The summed E-state index contributed by atoms with van der Waals surface area (Å²) in [5.74, 6) is 1.13. The second-order valence-electron chi connectivity index (χ2n) is 7.68. The summed E-state index contributed by atoms with van der Waals surface area (Å²) in [6.07, 6.45) is -2.82. The van der Waals surface area contributed by atoms with Crippen molar-refractivity contribution < 1.29 is 22.6 Å². The Labute approximate surface area is 209 Å². The van der Waals surface area contributed by atoms with Gasteiger partial charge in [-0.25, -0.2) is 0 Å². The normalized spacial score (nSPS) is 11.7. The molecule has 4 nitrogen and oxygen atoms in total. The predicted octanol–water partition coefficient (Wildman–Crippen LogP) is 8.04. The first kappa shape index (κ1) is 24.6. The van der Waals surface area contributed by atoms with Crippen LogP contribution in [0.3, 0.4) is 0 Å². The van der Waals surface area contributed by atoms with E-state index in [1.54, 1.807) is 12.3 Å². The van der Waals surface area contributed by atoms with Gasteiger partial charge in [-0.05, 0) is 87.2 Å². The molecule has 4 rings (SSSR count). The molecule has 0 heterocycles. The van der Waals surface area contributed by atoms with Gasteiger partial charge in [-0.3, -0.25) is 5.43 Å². The summed E-state index contributed by atoms with van der Waals surface area (Å²) in [5, 5.41) is 6.44. The molecule has 0 spiro atoms. The molecule has 0 aliphatic heterocycles. The summed E-state index contributed by atoms with van der Waals surface area (Å²) in [6, 6.07) is 22.6. The summed E-state index contributed by atoms with van der Waals surface area (Å²) >= 11 is 3.55. The Hall–Kier alpha value is -3.52. The first-order valence-corrected chi connectivity index (χ1v) is 11.7. The highest BCUT2D eigenvalue weighted by molar-refractivity contribution is 9.10. The Kier molecular flexibility index (Phi) is 7.60. The quantitative estimate of drug-likeness (QED) is 0.181. The highest BCUT2D eigenvalue weighted by Crippen LogP contribution is 2.37. The number of halogens is 4. The number of nitrogens with one attached hydrogen (secondary N) is 1. The molecule has 0 atom stereocenters. The van der Waals surface area contributed by atoms with Gasteiger partial charge in [-0.1, -0.05) is 36.4 Å². The molecule has 4 aromatic rings. The van der Waals surface area contributed by atoms with Gasteiger partial charge >= 0.3 is 6.18 Å². The SMILES string of the molecule is CCOc1cc(/C=N/Nc2ccc(C(F)(F)F)cc2)cc(Br)c1OCc1ccc2ccccc2c1. The number of hydrogen-bond acceptors (Lipinski definition) is 4. The zero-order valence-electron chi connectivity index (χ0n) is 18.8. The van der Waals surface area contributed by atoms with Crippen molar-refractivity contribution in [2.24, 2.45) is 5.10 Å². The summed E-state index contributed by atoms with van der Waals surface area (Å²) in [6.45, 7) is 2.70. The van der Waals surface area contributed by atoms with Gasteiger partial charge in [0, 0.05) is 0 Å². The molecule has 4 aromatic carbocycles. The number of nitrogens with zero attached hydrogens (tertiary/aromatic N) is 1. The van der Waals surface area contributed by atoms with Crippen LogP contribution in [0.15, 0.2) is 88.4 Å². The van der Waals surface area contributed by atoms with Crippen molar-refractivity contribution in [2.75, 3.05) is 12.0 Å². The van der Waals surface area contributed by atoms with Crippen LogP contribution in [-0.2, 0) is 12.8 Å². The lowest BCUT2D eigenvalue weighted by atomic mass is 10.1. The number of anilines is 1. The van der Waals surface area contributed by atoms with E-state index < -0.39 is 11.7 Å². The van der Waals surface area contributed by atoms with E-state index in [2.05, 4.69) is 50.7 Å². The lowest BCUT2D eigenvalue weighted by molar-refractivity contribution is -0.137. The Bertz CT molecular complexity index is 1340. The molecule has 0 fully saturated rings. The Morgan fingerprint density at radius 1 is 0.914 bits per heavy atom. The molecule has 0 saturated heterocycles. The molecule has 0 aliphatic rings. The van der Waals surface area contributed by atoms with Crippen molar-refractivity contribution in [1.82, 2.24) is 0 Å². The standard InChI is InChI=1S/C27H22BrF3N2O2/c1-2-34-25-15-19(16-32-33-23-11-9-22(10-12-23)27(29,30)31)14-24(28)26(25)35-17-18-7-8-20-5-3-4-6-21(20)13-18/h3-16,33H,2,17H2,1H3/b32-16+. The van der Waals surface area contributed by atoms with Gasteiger partial charge < -0.3 is 9.47 Å². The number of hydrogen-bond donors (Lipinski definition) is 1. The Morgan fingerprint density at radius 3 is 2.37 bits per heavy atom. The minimum atomic E-state index is -4.37. The minimum absolute atomic E-state index is 0.367. The van der Waals surface area contributed by atoms with E-state index in [1.807, 2.05) is 31.2 Å². The number of fused-ring (bicyclic) bond motifs is 1.